The lowest BCUT2D eigenvalue weighted by Crippen LogP contribution is -2.41. The summed E-state index contributed by atoms with van der Waals surface area (Å²) >= 11 is 0. The van der Waals surface area contributed by atoms with Crippen molar-refractivity contribution in [3.8, 4) is 11.4 Å². The highest BCUT2D eigenvalue weighted by atomic mass is 16.2. The van der Waals surface area contributed by atoms with Crippen LogP contribution in [0.25, 0.3) is 11.4 Å². The molecular weight excluding hydrogens is 290 g/mol. The van der Waals surface area contributed by atoms with Gasteiger partial charge in [0.15, 0.2) is 5.82 Å². The maximum absolute atomic E-state index is 11.8. The highest BCUT2D eigenvalue weighted by Gasteiger charge is 2.19. The second-order valence-electron chi connectivity index (χ2n) is 5.76. The molecule has 6 heteroatoms. The molecule has 1 heterocycles. The summed E-state index contributed by atoms with van der Waals surface area (Å²) in [6.45, 7) is 2.03. The Kier molecular flexibility index (Phi) is 4.41. The number of benzene rings is 1. The second kappa shape index (κ2) is 6.64. The third kappa shape index (κ3) is 3.77. The first-order chi connectivity index (χ1) is 11.1. The summed E-state index contributed by atoms with van der Waals surface area (Å²) < 4.78 is 0. The fraction of sp³-hybridized carbons (Fsp3) is 0.353. The van der Waals surface area contributed by atoms with Gasteiger partial charge in [-0.2, -0.15) is 0 Å². The molecule has 0 spiro atoms. The third-order valence-electron chi connectivity index (χ3n) is 4.00. The number of carbonyl (C=O) groups is 1. The summed E-state index contributed by atoms with van der Waals surface area (Å²) in [6, 6.07) is 9.39. The second-order valence-corrected chi connectivity index (χ2v) is 5.76. The Morgan fingerprint density at radius 2 is 2.00 bits per heavy atom. The number of rotatable bonds is 4. The SMILES string of the molecule is CCc1cc(N)nc(-c2ccc(NC(=O)NC3CCC3)cc2)n1. The van der Waals surface area contributed by atoms with Crippen LogP contribution in [0.3, 0.4) is 0 Å². The first-order valence-corrected chi connectivity index (χ1v) is 7.95. The topological polar surface area (TPSA) is 92.9 Å². The van der Waals surface area contributed by atoms with E-state index in [0.29, 0.717) is 17.7 Å². The average Bonchev–Trinajstić information content (AvgIpc) is 2.51. The van der Waals surface area contributed by atoms with Crippen molar-refractivity contribution in [1.29, 1.82) is 0 Å². The van der Waals surface area contributed by atoms with Gasteiger partial charge in [-0.15, -0.1) is 0 Å². The lowest BCUT2D eigenvalue weighted by Gasteiger charge is -2.26. The minimum Gasteiger partial charge on any atom is -0.384 e. The van der Waals surface area contributed by atoms with E-state index in [9.17, 15) is 4.79 Å². The number of hydrogen-bond acceptors (Lipinski definition) is 4. The first kappa shape index (κ1) is 15.3. The van der Waals surface area contributed by atoms with Gasteiger partial charge in [-0.05, 0) is 49.9 Å². The summed E-state index contributed by atoms with van der Waals surface area (Å²) in [4.78, 5) is 20.6. The molecule has 4 N–H and O–H groups in total. The fourth-order valence-corrected chi connectivity index (χ4v) is 2.44. The maximum atomic E-state index is 11.8. The number of hydrogen-bond donors (Lipinski definition) is 3. The number of nitrogens with zero attached hydrogens (tertiary/aromatic N) is 2. The molecule has 3 rings (SSSR count). The molecule has 1 aromatic carbocycles. The summed E-state index contributed by atoms with van der Waals surface area (Å²) in [7, 11) is 0. The first-order valence-electron chi connectivity index (χ1n) is 7.95. The summed E-state index contributed by atoms with van der Waals surface area (Å²) in [5, 5.41) is 5.78. The molecule has 0 bridgehead atoms. The number of aryl methyl sites for hydroxylation is 1. The Morgan fingerprint density at radius 3 is 2.61 bits per heavy atom. The number of anilines is 2. The Bertz CT molecular complexity index is 695. The van der Waals surface area contributed by atoms with E-state index in [0.717, 1.165) is 36.2 Å². The monoisotopic (exact) mass is 311 g/mol. The van der Waals surface area contributed by atoms with E-state index in [1.54, 1.807) is 6.07 Å². The van der Waals surface area contributed by atoms with Crippen molar-refractivity contribution in [1.82, 2.24) is 15.3 Å². The molecule has 0 radical (unpaired) electrons. The van der Waals surface area contributed by atoms with Crippen LogP contribution in [-0.2, 0) is 6.42 Å². The summed E-state index contributed by atoms with van der Waals surface area (Å²) in [5.74, 6) is 1.07. The van der Waals surface area contributed by atoms with E-state index in [4.69, 9.17) is 5.73 Å². The quantitative estimate of drug-likeness (QED) is 0.809. The molecule has 0 saturated heterocycles. The molecule has 0 unspecified atom stereocenters. The Hall–Kier alpha value is -2.63. The Labute approximate surface area is 135 Å². The minimum atomic E-state index is -0.157. The highest BCUT2D eigenvalue weighted by Crippen LogP contribution is 2.21. The zero-order chi connectivity index (χ0) is 16.2. The van der Waals surface area contributed by atoms with Crippen LogP contribution in [0, 0.1) is 0 Å². The smallest absolute Gasteiger partial charge is 0.319 e. The molecule has 120 valence electrons. The van der Waals surface area contributed by atoms with Gasteiger partial charge in [-0.1, -0.05) is 6.92 Å². The van der Waals surface area contributed by atoms with Crippen LogP contribution in [0.4, 0.5) is 16.3 Å². The summed E-state index contributed by atoms with van der Waals surface area (Å²) in [6.07, 6.45) is 4.14. The number of urea groups is 1. The van der Waals surface area contributed by atoms with Gasteiger partial charge in [-0.25, -0.2) is 14.8 Å². The molecule has 1 saturated carbocycles. The molecule has 0 aliphatic heterocycles. The molecule has 2 aromatic rings. The number of nitrogen functional groups attached to an aromatic ring is 1. The maximum Gasteiger partial charge on any atom is 0.319 e. The zero-order valence-corrected chi connectivity index (χ0v) is 13.2. The van der Waals surface area contributed by atoms with E-state index in [1.165, 1.54) is 6.42 Å². The molecule has 1 fully saturated rings. The van der Waals surface area contributed by atoms with E-state index in [-0.39, 0.29) is 6.03 Å². The molecule has 1 aliphatic rings. The fourth-order valence-electron chi connectivity index (χ4n) is 2.44. The van der Waals surface area contributed by atoms with Crippen LogP contribution >= 0.6 is 0 Å². The third-order valence-corrected chi connectivity index (χ3v) is 4.00. The number of carbonyl (C=O) groups excluding carboxylic acids is 1. The van der Waals surface area contributed by atoms with Crippen molar-refractivity contribution >= 4 is 17.5 Å². The van der Waals surface area contributed by atoms with Crippen LogP contribution in [0.1, 0.15) is 31.9 Å². The van der Waals surface area contributed by atoms with E-state index in [1.807, 2.05) is 31.2 Å². The minimum absolute atomic E-state index is 0.157. The van der Waals surface area contributed by atoms with Gasteiger partial charge in [-0.3, -0.25) is 0 Å². The van der Waals surface area contributed by atoms with Crippen molar-refractivity contribution in [3.63, 3.8) is 0 Å². The van der Waals surface area contributed by atoms with Crippen molar-refractivity contribution in [2.24, 2.45) is 0 Å². The average molecular weight is 311 g/mol. The van der Waals surface area contributed by atoms with Gasteiger partial charge >= 0.3 is 6.03 Å². The van der Waals surface area contributed by atoms with Crippen LogP contribution < -0.4 is 16.4 Å². The lowest BCUT2D eigenvalue weighted by atomic mass is 9.93. The van der Waals surface area contributed by atoms with E-state index >= 15 is 0 Å². The Balaban J connectivity index is 1.69. The van der Waals surface area contributed by atoms with Crippen LogP contribution in [0.2, 0.25) is 0 Å². The lowest BCUT2D eigenvalue weighted by molar-refractivity contribution is 0.240. The van der Waals surface area contributed by atoms with Crippen molar-refractivity contribution in [2.75, 3.05) is 11.1 Å². The zero-order valence-electron chi connectivity index (χ0n) is 13.2. The van der Waals surface area contributed by atoms with E-state index < -0.39 is 0 Å². The van der Waals surface area contributed by atoms with Gasteiger partial charge < -0.3 is 16.4 Å². The van der Waals surface area contributed by atoms with Gasteiger partial charge in [0.1, 0.15) is 5.82 Å². The predicted octanol–water partition coefficient (Wildman–Crippen LogP) is 2.96. The molecule has 1 aliphatic carbocycles. The van der Waals surface area contributed by atoms with Gasteiger partial charge in [0.25, 0.3) is 0 Å². The van der Waals surface area contributed by atoms with Crippen molar-refractivity contribution in [3.05, 3.63) is 36.0 Å². The number of amides is 2. The van der Waals surface area contributed by atoms with E-state index in [2.05, 4.69) is 20.6 Å². The van der Waals surface area contributed by atoms with Crippen LogP contribution in [0.5, 0.6) is 0 Å². The number of nitrogens with two attached hydrogens (primary N) is 1. The largest absolute Gasteiger partial charge is 0.384 e. The normalized spacial score (nSPS) is 14.1. The molecule has 6 nitrogen and oxygen atoms in total. The van der Waals surface area contributed by atoms with Gasteiger partial charge in [0.2, 0.25) is 0 Å². The number of nitrogens with one attached hydrogen (secondary N) is 2. The molecule has 23 heavy (non-hydrogen) atoms. The van der Waals surface area contributed by atoms with Crippen LogP contribution in [0.15, 0.2) is 30.3 Å². The number of aromatic nitrogens is 2. The van der Waals surface area contributed by atoms with Crippen molar-refractivity contribution < 1.29 is 4.79 Å². The molecule has 0 atom stereocenters. The molecule has 2 amide bonds. The van der Waals surface area contributed by atoms with Gasteiger partial charge in [0, 0.05) is 29.1 Å². The highest BCUT2D eigenvalue weighted by molar-refractivity contribution is 5.89. The molecule has 1 aromatic heterocycles. The standard InChI is InChI=1S/C17H21N5O/c1-2-12-10-15(18)22-16(19-12)11-6-8-14(9-7-11)21-17(23)20-13-4-3-5-13/h6-10,13H,2-5H2,1H3,(H2,18,19,22)(H2,20,21,23). The van der Waals surface area contributed by atoms with Crippen molar-refractivity contribution in [2.45, 2.75) is 38.6 Å². The van der Waals surface area contributed by atoms with Gasteiger partial charge in [0.05, 0.1) is 0 Å². The predicted molar refractivity (Wildman–Crippen MR) is 91.1 cm³/mol. The van der Waals surface area contributed by atoms with Crippen LogP contribution in [-0.4, -0.2) is 22.0 Å². The summed E-state index contributed by atoms with van der Waals surface area (Å²) in [5.41, 5.74) is 8.34. The molecular formula is C17H21N5O. The Morgan fingerprint density at radius 1 is 1.26 bits per heavy atom.